The number of hydrogen-bond acceptors (Lipinski definition) is 4. The van der Waals surface area contributed by atoms with Crippen molar-refractivity contribution in [3.05, 3.63) is 64.2 Å². The Morgan fingerprint density at radius 1 is 1.08 bits per heavy atom. The zero-order valence-corrected chi connectivity index (χ0v) is 14.0. The van der Waals surface area contributed by atoms with Crippen molar-refractivity contribution in [2.45, 2.75) is 37.6 Å². The average molecular weight is 349 g/mol. The maximum Gasteiger partial charge on any atom is 0.115 e. The van der Waals surface area contributed by atoms with Crippen molar-refractivity contribution >= 4 is 11.6 Å². The summed E-state index contributed by atoms with van der Waals surface area (Å²) in [6.07, 6.45) is 0.553. The molecule has 3 rings (SSSR count). The van der Waals surface area contributed by atoms with Gasteiger partial charge >= 0.3 is 0 Å². The highest BCUT2D eigenvalue weighted by atomic mass is 35.5. The molecule has 1 fully saturated rings. The number of hydrogen-bond donors (Lipinski definition) is 3. The fraction of sp³-hybridized carbons (Fsp3) is 0.368. The number of phenols is 1. The number of phenolic OH excluding ortho intramolecular Hbond substituents is 1. The van der Waals surface area contributed by atoms with Crippen LogP contribution in [0.15, 0.2) is 42.5 Å². The maximum atomic E-state index is 9.99. The molecule has 1 heterocycles. The van der Waals surface area contributed by atoms with Crippen molar-refractivity contribution in [2.75, 3.05) is 6.61 Å². The Morgan fingerprint density at radius 3 is 2.54 bits per heavy atom. The average Bonchev–Trinajstić information content (AvgIpc) is 2.58. The van der Waals surface area contributed by atoms with Crippen molar-refractivity contribution in [3.8, 4) is 5.75 Å². The molecular weight excluding hydrogens is 328 g/mol. The number of rotatable bonds is 4. The Hall–Kier alpha value is -1.59. The third-order valence-corrected chi connectivity index (χ3v) is 4.72. The van der Waals surface area contributed by atoms with Gasteiger partial charge in [-0.25, -0.2) is 0 Å². The first-order valence-corrected chi connectivity index (χ1v) is 8.43. The molecule has 1 aliphatic rings. The van der Waals surface area contributed by atoms with Crippen LogP contribution in [0.5, 0.6) is 5.75 Å². The Kier molecular flexibility index (Phi) is 5.41. The lowest BCUT2D eigenvalue weighted by Gasteiger charge is -2.32. The largest absolute Gasteiger partial charge is 0.508 e. The van der Waals surface area contributed by atoms with Gasteiger partial charge in [-0.05, 0) is 41.3 Å². The summed E-state index contributed by atoms with van der Waals surface area (Å²) in [5.74, 6) is 0.234. The Bertz CT molecular complexity index is 686. The number of aliphatic hydroxyl groups excluding tert-OH is 2. The van der Waals surface area contributed by atoms with Crippen LogP contribution in [-0.2, 0) is 11.2 Å². The summed E-state index contributed by atoms with van der Waals surface area (Å²) in [7, 11) is 0. The van der Waals surface area contributed by atoms with Gasteiger partial charge < -0.3 is 20.1 Å². The van der Waals surface area contributed by atoms with E-state index in [4.69, 9.17) is 16.3 Å². The van der Waals surface area contributed by atoms with Crippen LogP contribution in [0.2, 0.25) is 5.02 Å². The lowest BCUT2D eigenvalue weighted by atomic mass is 9.94. The lowest BCUT2D eigenvalue weighted by molar-refractivity contribution is -0.113. The van der Waals surface area contributed by atoms with Crippen molar-refractivity contribution in [1.29, 1.82) is 0 Å². The van der Waals surface area contributed by atoms with Crippen LogP contribution in [0.1, 0.15) is 35.6 Å². The van der Waals surface area contributed by atoms with Gasteiger partial charge in [0.05, 0.1) is 24.9 Å². The number of aromatic hydroxyl groups is 1. The molecule has 0 radical (unpaired) electrons. The molecule has 128 valence electrons. The summed E-state index contributed by atoms with van der Waals surface area (Å²) in [5.41, 5.74) is 2.96. The van der Waals surface area contributed by atoms with Crippen LogP contribution >= 0.6 is 11.6 Å². The molecule has 1 aliphatic heterocycles. The highest BCUT2D eigenvalue weighted by molar-refractivity contribution is 6.31. The van der Waals surface area contributed by atoms with Gasteiger partial charge in [0.15, 0.2) is 0 Å². The van der Waals surface area contributed by atoms with Gasteiger partial charge in [0, 0.05) is 17.9 Å². The minimum atomic E-state index is -0.475. The van der Waals surface area contributed by atoms with E-state index in [0.717, 1.165) is 16.7 Å². The minimum absolute atomic E-state index is 0.0957. The first kappa shape index (κ1) is 17.2. The topological polar surface area (TPSA) is 69.9 Å². The standard InChI is InChI=1S/C19H21ClO4/c20-18-6-3-13(19-10-16(23)9-17(11-21)24-19)8-14(18)7-12-1-4-15(22)5-2-12/h1-6,8,16-17,19,21-23H,7,9-11H2/t16-,17?,19+/m0/s1. The monoisotopic (exact) mass is 348 g/mol. The van der Waals surface area contributed by atoms with Crippen LogP contribution in [0.3, 0.4) is 0 Å². The van der Waals surface area contributed by atoms with Crippen molar-refractivity contribution in [2.24, 2.45) is 0 Å². The molecule has 0 aliphatic carbocycles. The molecule has 0 aromatic heterocycles. The molecule has 24 heavy (non-hydrogen) atoms. The fourth-order valence-corrected chi connectivity index (χ4v) is 3.27. The summed E-state index contributed by atoms with van der Waals surface area (Å²) >= 11 is 6.32. The summed E-state index contributed by atoms with van der Waals surface area (Å²) < 4.78 is 5.87. The van der Waals surface area contributed by atoms with E-state index in [1.807, 2.05) is 30.3 Å². The molecule has 0 saturated carbocycles. The summed E-state index contributed by atoms with van der Waals surface area (Å²) in [5, 5.41) is 29.3. The zero-order valence-electron chi connectivity index (χ0n) is 13.2. The molecule has 5 heteroatoms. The van der Waals surface area contributed by atoms with Gasteiger partial charge in [-0.3, -0.25) is 0 Å². The van der Waals surface area contributed by atoms with Crippen LogP contribution in [0.25, 0.3) is 0 Å². The van der Waals surface area contributed by atoms with E-state index >= 15 is 0 Å². The fourth-order valence-electron chi connectivity index (χ4n) is 3.09. The second-order valence-corrected chi connectivity index (χ2v) is 6.66. The first-order valence-electron chi connectivity index (χ1n) is 8.05. The Morgan fingerprint density at radius 2 is 1.83 bits per heavy atom. The van der Waals surface area contributed by atoms with E-state index in [2.05, 4.69) is 0 Å². The Balaban J connectivity index is 1.81. The Labute approximate surface area is 146 Å². The molecule has 4 nitrogen and oxygen atoms in total. The maximum absolute atomic E-state index is 9.99. The van der Waals surface area contributed by atoms with Crippen molar-refractivity contribution in [1.82, 2.24) is 0 Å². The normalized spacial score (nSPS) is 24.0. The van der Waals surface area contributed by atoms with Gasteiger partial charge in [-0.2, -0.15) is 0 Å². The molecule has 0 bridgehead atoms. The lowest BCUT2D eigenvalue weighted by Crippen LogP contribution is -2.33. The van der Waals surface area contributed by atoms with E-state index in [1.165, 1.54) is 0 Å². The van der Waals surface area contributed by atoms with Crippen LogP contribution in [0.4, 0.5) is 0 Å². The molecule has 2 aromatic carbocycles. The van der Waals surface area contributed by atoms with E-state index in [0.29, 0.717) is 24.3 Å². The summed E-state index contributed by atoms with van der Waals surface area (Å²) in [6.45, 7) is -0.0957. The molecule has 0 spiro atoms. The second-order valence-electron chi connectivity index (χ2n) is 6.25. The van der Waals surface area contributed by atoms with Crippen LogP contribution in [0, 0.1) is 0 Å². The van der Waals surface area contributed by atoms with Crippen LogP contribution in [-0.4, -0.2) is 34.1 Å². The van der Waals surface area contributed by atoms with E-state index in [-0.39, 0.29) is 24.6 Å². The number of ether oxygens (including phenoxy) is 1. The van der Waals surface area contributed by atoms with Gasteiger partial charge in [-0.15, -0.1) is 0 Å². The van der Waals surface area contributed by atoms with Crippen LogP contribution < -0.4 is 0 Å². The third-order valence-electron chi connectivity index (χ3n) is 4.35. The van der Waals surface area contributed by atoms with Gasteiger partial charge in [0.2, 0.25) is 0 Å². The highest BCUT2D eigenvalue weighted by Gasteiger charge is 2.29. The zero-order chi connectivity index (χ0) is 17.1. The number of halogens is 1. The highest BCUT2D eigenvalue weighted by Crippen LogP contribution is 2.33. The van der Waals surface area contributed by atoms with E-state index in [9.17, 15) is 15.3 Å². The predicted octanol–water partition coefficient (Wildman–Crippen LogP) is 3.21. The van der Waals surface area contributed by atoms with Crippen molar-refractivity contribution < 1.29 is 20.1 Å². The quantitative estimate of drug-likeness (QED) is 0.793. The first-order chi connectivity index (χ1) is 11.5. The predicted molar refractivity (Wildman–Crippen MR) is 92.3 cm³/mol. The minimum Gasteiger partial charge on any atom is -0.508 e. The smallest absolute Gasteiger partial charge is 0.115 e. The van der Waals surface area contributed by atoms with E-state index in [1.54, 1.807) is 12.1 Å². The van der Waals surface area contributed by atoms with E-state index < -0.39 is 6.10 Å². The number of benzene rings is 2. The molecule has 2 aromatic rings. The molecule has 3 N–H and O–H groups in total. The number of aliphatic hydroxyl groups is 2. The molecule has 0 amide bonds. The third kappa shape index (κ3) is 4.08. The van der Waals surface area contributed by atoms with Gasteiger partial charge in [0.25, 0.3) is 0 Å². The SMILES string of the molecule is OCC1C[C@H](O)C[C@H](c2ccc(Cl)c(Cc3ccc(O)cc3)c2)O1. The summed E-state index contributed by atoms with van der Waals surface area (Å²) in [6, 6.07) is 12.8. The van der Waals surface area contributed by atoms with Gasteiger partial charge in [0.1, 0.15) is 5.75 Å². The molecule has 3 atom stereocenters. The van der Waals surface area contributed by atoms with Crippen molar-refractivity contribution in [3.63, 3.8) is 0 Å². The summed E-state index contributed by atoms with van der Waals surface area (Å²) in [4.78, 5) is 0. The second kappa shape index (κ2) is 7.53. The molecule has 1 saturated heterocycles. The molecular formula is C19H21ClO4. The molecule has 1 unspecified atom stereocenters. The van der Waals surface area contributed by atoms with Gasteiger partial charge in [-0.1, -0.05) is 35.9 Å².